The van der Waals surface area contributed by atoms with Gasteiger partial charge in [-0.05, 0) is 61.6 Å². The van der Waals surface area contributed by atoms with Gasteiger partial charge in [0.2, 0.25) is 0 Å². The van der Waals surface area contributed by atoms with Crippen LogP contribution in [0.5, 0.6) is 11.5 Å². The van der Waals surface area contributed by atoms with Gasteiger partial charge in [-0.2, -0.15) is 0 Å². The van der Waals surface area contributed by atoms with Crippen molar-refractivity contribution >= 4 is 11.9 Å². The first-order valence-electron chi connectivity index (χ1n) is 16.1. The van der Waals surface area contributed by atoms with Gasteiger partial charge in [0.1, 0.15) is 28.7 Å². The van der Waals surface area contributed by atoms with Crippen molar-refractivity contribution in [1.29, 1.82) is 0 Å². The van der Waals surface area contributed by atoms with E-state index in [1.165, 1.54) is 38.5 Å². The van der Waals surface area contributed by atoms with E-state index in [1.807, 2.05) is 24.3 Å². The molecule has 0 saturated carbocycles. The third kappa shape index (κ3) is 11.4. The fourth-order valence-corrected chi connectivity index (χ4v) is 4.92. The Morgan fingerprint density at radius 1 is 0.659 bits per heavy atom. The zero-order valence-electron chi connectivity index (χ0n) is 26.3. The first-order chi connectivity index (χ1) is 21.3. The molecular weight excluding hydrogens is 562 g/mol. The second-order valence-electron chi connectivity index (χ2n) is 11.3. The van der Waals surface area contributed by atoms with E-state index in [4.69, 9.17) is 14.2 Å². The fourth-order valence-electron chi connectivity index (χ4n) is 4.92. The van der Waals surface area contributed by atoms with Gasteiger partial charge in [-0.15, -0.1) is 0 Å². The van der Waals surface area contributed by atoms with Crippen molar-refractivity contribution in [3.63, 3.8) is 0 Å². The summed E-state index contributed by atoms with van der Waals surface area (Å²) >= 11 is 0. The number of halogens is 2. The molecule has 0 aliphatic rings. The van der Waals surface area contributed by atoms with E-state index in [2.05, 4.69) is 13.8 Å². The lowest BCUT2D eigenvalue weighted by Gasteiger charge is -2.14. The minimum absolute atomic E-state index is 0.213. The van der Waals surface area contributed by atoms with Crippen LogP contribution < -0.4 is 9.47 Å². The largest absolute Gasteiger partial charge is 0.494 e. The topological polar surface area (TPSA) is 61.8 Å². The number of ether oxygens (including phenoxy) is 3. The maximum absolute atomic E-state index is 14.7. The van der Waals surface area contributed by atoms with Crippen molar-refractivity contribution < 1.29 is 32.6 Å². The predicted octanol–water partition coefficient (Wildman–Crippen LogP) is 10.5. The maximum Gasteiger partial charge on any atom is 0.344 e. The van der Waals surface area contributed by atoms with Gasteiger partial charge in [-0.1, -0.05) is 95.9 Å². The molecule has 0 fully saturated rings. The minimum Gasteiger partial charge on any atom is -0.494 e. The molecule has 7 heteroatoms. The summed E-state index contributed by atoms with van der Waals surface area (Å²) in [5.74, 6) is -3.69. The predicted molar refractivity (Wildman–Crippen MR) is 170 cm³/mol. The number of unbranched alkanes of at least 4 members (excludes halogenated alkanes) is 9. The number of hydrogen-bond donors (Lipinski definition) is 0. The van der Waals surface area contributed by atoms with E-state index in [9.17, 15) is 18.4 Å². The van der Waals surface area contributed by atoms with E-state index in [0.29, 0.717) is 13.0 Å². The van der Waals surface area contributed by atoms with Crippen molar-refractivity contribution in [2.75, 3.05) is 6.61 Å². The monoisotopic (exact) mass is 608 g/mol. The lowest BCUT2D eigenvalue weighted by molar-refractivity contribution is 0.0308. The van der Waals surface area contributed by atoms with Crippen LogP contribution in [0.4, 0.5) is 8.78 Å². The van der Waals surface area contributed by atoms with E-state index in [-0.39, 0.29) is 11.3 Å². The molecule has 0 heterocycles. The molecule has 0 radical (unpaired) electrons. The van der Waals surface area contributed by atoms with Crippen LogP contribution in [0, 0.1) is 11.6 Å². The van der Waals surface area contributed by atoms with Crippen molar-refractivity contribution in [2.24, 2.45) is 0 Å². The summed E-state index contributed by atoms with van der Waals surface area (Å²) in [6, 6.07) is 16.1. The lowest BCUT2D eigenvalue weighted by atomic mass is 10.0. The Hall–Kier alpha value is -3.74. The molecule has 238 valence electrons. The summed E-state index contributed by atoms with van der Waals surface area (Å²) in [5, 5.41) is 0. The van der Waals surface area contributed by atoms with Crippen molar-refractivity contribution in [1.82, 2.24) is 0 Å². The number of carbonyl (C=O) groups is 2. The Balaban J connectivity index is 1.50. The highest BCUT2D eigenvalue weighted by Gasteiger charge is 2.23. The van der Waals surface area contributed by atoms with Crippen LogP contribution >= 0.6 is 0 Å². The molecule has 0 N–H and O–H groups in total. The fraction of sp³-hybridized carbons (Fsp3) is 0.459. The highest BCUT2D eigenvalue weighted by molar-refractivity contribution is 5.92. The second-order valence-corrected chi connectivity index (χ2v) is 11.3. The Morgan fingerprint density at radius 2 is 1.18 bits per heavy atom. The quantitative estimate of drug-likeness (QED) is 0.0770. The molecule has 0 aliphatic heterocycles. The highest BCUT2D eigenvalue weighted by atomic mass is 19.1. The number of esters is 2. The Morgan fingerprint density at radius 3 is 1.77 bits per heavy atom. The smallest absolute Gasteiger partial charge is 0.344 e. The van der Waals surface area contributed by atoms with Crippen molar-refractivity contribution in [3.05, 3.63) is 83.4 Å². The number of hydrogen-bond acceptors (Lipinski definition) is 5. The molecule has 3 aromatic carbocycles. The molecule has 1 atom stereocenters. The minimum atomic E-state index is -1.15. The summed E-state index contributed by atoms with van der Waals surface area (Å²) < 4.78 is 45.7. The Bertz CT molecular complexity index is 1280. The van der Waals surface area contributed by atoms with Gasteiger partial charge in [0.05, 0.1) is 18.3 Å². The normalized spacial score (nSPS) is 11.7. The zero-order chi connectivity index (χ0) is 31.7. The molecule has 44 heavy (non-hydrogen) atoms. The molecule has 0 bridgehead atoms. The average molecular weight is 609 g/mol. The molecule has 0 spiro atoms. The summed E-state index contributed by atoms with van der Waals surface area (Å²) in [7, 11) is 0. The first kappa shape index (κ1) is 34.7. The van der Waals surface area contributed by atoms with Gasteiger partial charge in [0.25, 0.3) is 0 Å². The van der Waals surface area contributed by atoms with Crippen LogP contribution in [-0.4, -0.2) is 24.6 Å². The van der Waals surface area contributed by atoms with Gasteiger partial charge in [-0.3, -0.25) is 0 Å². The third-order valence-electron chi connectivity index (χ3n) is 7.53. The summed E-state index contributed by atoms with van der Waals surface area (Å²) in [6.07, 6.45) is 12.8. The molecule has 0 saturated heterocycles. The number of carbonyl (C=O) groups excluding carboxylic acids is 2. The van der Waals surface area contributed by atoms with Crippen LogP contribution in [0.15, 0.2) is 60.7 Å². The SMILES string of the molecule is CCCCCCCCCOc1ccc(-c2ccc(C(=O)Oc3cc(F)c(C(=O)OC(C)CCCCCC)c(F)c3)cc2)cc1. The van der Waals surface area contributed by atoms with Crippen molar-refractivity contribution in [2.45, 2.75) is 104 Å². The summed E-state index contributed by atoms with van der Waals surface area (Å²) in [4.78, 5) is 25.1. The zero-order valence-corrected chi connectivity index (χ0v) is 26.3. The molecule has 1 unspecified atom stereocenters. The Kier molecular flexibility index (Phi) is 14.9. The molecule has 0 amide bonds. The Labute approximate surface area is 260 Å². The van der Waals surface area contributed by atoms with Gasteiger partial charge in [-0.25, -0.2) is 18.4 Å². The van der Waals surface area contributed by atoms with Gasteiger partial charge < -0.3 is 14.2 Å². The van der Waals surface area contributed by atoms with Gasteiger partial charge in [0.15, 0.2) is 0 Å². The molecule has 3 aromatic rings. The third-order valence-corrected chi connectivity index (χ3v) is 7.53. The standard InChI is InChI=1S/C37H46F2O5/c1-4-6-8-10-11-12-14-24-42-31-22-20-29(21-23-31)28-16-18-30(19-17-28)36(40)44-32-25-33(38)35(34(39)26-32)37(41)43-27(3)15-13-9-7-5-2/h16-23,25-27H,4-15,24H2,1-3H3. The average Bonchev–Trinajstić information content (AvgIpc) is 3.00. The first-order valence-corrected chi connectivity index (χ1v) is 16.1. The molecular formula is C37H46F2O5. The van der Waals surface area contributed by atoms with Crippen LogP contribution in [0.2, 0.25) is 0 Å². The van der Waals surface area contributed by atoms with Crippen LogP contribution in [0.3, 0.4) is 0 Å². The van der Waals surface area contributed by atoms with Gasteiger partial charge >= 0.3 is 11.9 Å². The number of benzene rings is 3. The van der Waals surface area contributed by atoms with E-state index in [1.54, 1.807) is 31.2 Å². The van der Waals surface area contributed by atoms with E-state index in [0.717, 1.165) is 61.1 Å². The van der Waals surface area contributed by atoms with Crippen LogP contribution in [-0.2, 0) is 4.74 Å². The van der Waals surface area contributed by atoms with Crippen LogP contribution in [0.25, 0.3) is 11.1 Å². The molecule has 5 nitrogen and oxygen atoms in total. The lowest BCUT2D eigenvalue weighted by Crippen LogP contribution is -2.18. The summed E-state index contributed by atoms with van der Waals surface area (Å²) in [5.41, 5.74) is 1.25. The van der Waals surface area contributed by atoms with Gasteiger partial charge in [0, 0.05) is 12.1 Å². The van der Waals surface area contributed by atoms with Crippen LogP contribution in [0.1, 0.15) is 119 Å². The molecule has 0 aliphatic carbocycles. The molecule has 0 aromatic heterocycles. The van der Waals surface area contributed by atoms with E-state index >= 15 is 0 Å². The second kappa shape index (κ2) is 18.8. The number of rotatable bonds is 19. The highest BCUT2D eigenvalue weighted by Crippen LogP contribution is 2.26. The molecule has 3 rings (SSSR count). The summed E-state index contributed by atoms with van der Waals surface area (Å²) in [6.45, 7) is 6.72. The van der Waals surface area contributed by atoms with Crippen molar-refractivity contribution in [3.8, 4) is 22.6 Å². The van der Waals surface area contributed by atoms with E-state index < -0.39 is 35.2 Å². The maximum atomic E-state index is 14.7.